The van der Waals surface area contributed by atoms with Crippen molar-refractivity contribution in [3.05, 3.63) is 12.2 Å². The first-order valence-electron chi connectivity index (χ1n) is 12.6. The van der Waals surface area contributed by atoms with Crippen molar-refractivity contribution in [2.75, 3.05) is 6.61 Å². The van der Waals surface area contributed by atoms with E-state index >= 15 is 0 Å². The van der Waals surface area contributed by atoms with Crippen molar-refractivity contribution in [2.45, 2.75) is 101 Å². The van der Waals surface area contributed by atoms with Gasteiger partial charge in [0.1, 0.15) is 18.3 Å². The summed E-state index contributed by atoms with van der Waals surface area (Å²) in [6.45, 7) is 11.4. The molecule has 0 unspecified atom stereocenters. The highest BCUT2D eigenvalue weighted by Gasteiger charge is 2.75. The standard InChI is InChI=1S/C26H35ClO10/c1-12-7-8-17(34-14(3)28)24(6)18(35-15(4)29)9-10-25(11-33-25)20(24)22(36-16(5)30)26(32)13(2)23(31)37-21(26)19(12)27/h13,17-22,32H,1,7-11H2,2-6H3/t13-,17-,18-,19-,20+,21-,22-,24-,25+,26-/m0/s1. The van der Waals surface area contributed by atoms with E-state index in [0.717, 1.165) is 0 Å². The van der Waals surface area contributed by atoms with Crippen molar-refractivity contribution >= 4 is 35.5 Å². The average Bonchev–Trinajstić information content (AvgIpc) is 3.53. The molecule has 2 aliphatic heterocycles. The summed E-state index contributed by atoms with van der Waals surface area (Å²) in [7, 11) is 0. The second-order valence-electron chi connectivity index (χ2n) is 11.0. The third-order valence-electron chi connectivity index (χ3n) is 8.77. The van der Waals surface area contributed by atoms with Gasteiger partial charge in [0.15, 0.2) is 11.7 Å². The molecule has 2 saturated heterocycles. The van der Waals surface area contributed by atoms with Gasteiger partial charge in [-0.2, -0.15) is 0 Å². The molecule has 4 aliphatic rings. The van der Waals surface area contributed by atoms with Gasteiger partial charge in [-0.25, -0.2) is 0 Å². The van der Waals surface area contributed by atoms with Gasteiger partial charge in [-0.05, 0) is 32.6 Å². The summed E-state index contributed by atoms with van der Waals surface area (Å²) in [6, 6.07) is 0. The molecule has 4 rings (SSSR count). The number of alkyl halides is 1. The SMILES string of the molecule is C=C1CC[C@H](OC(C)=O)[C@@]2(C)[C@@H](OC(C)=O)CC[C@@]3(CO3)[C@@H]2[C@H](OC(C)=O)[C@]2(O)[C@@H](C)C(=O)O[C@H]2[C@H]1Cl. The molecule has 2 aliphatic carbocycles. The van der Waals surface area contributed by atoms with Crippen molar-refractivity contribution in [3.8, 4) is 0 Å². The minimum atomic E-state index is -2.08. The molecule has 1 N–H and O–H groups in total. The van der Waals surface area contributed by atoms with Crippen LogP contribution >= 0.6 is 11.6 Å². The summed E-state index contributed by atoms with van der Waals surface area (Å²) >= 11 is 6.75. The smallest absolute Gasteiger partial charge is 0.312 e. The van der Waals surface area contributed by atoms with Gasteiger partial charge in [0.25, 0.3) is 0 Å². The van der Waals surface area contributed by atoms with Crippen LogP contribution in [0.25, 0.3) is 0 Å². The van der Waals surface area contributed by atoms with Crippen LogP contribution in [0.4, 0.5) is 0 Å². The first kappa shape index (κ1) is 27.9. The predicted molar refractivity (Wildman–Crippen MR) is 128 cm³/mol. The van der Waals surface area contributed by atoms with Crippen molar-refractivity contribution in [2.24, 2.45) is 17.3 Å². The highest BCUT2D eigenvalue weighted by Crippen LogP contribution is 2.62. The minimum Gasteiger partial charge on any atom is -0.462 e. The highest BCUT2D eigenvalue weighted by atomic mass is 35.5. The van der Waals surface area contributed by atoms with Gasteiger partial charge < -0.3 is 28.8 Å². The van der Waals surface area contributed by atoms with Gasteiger partial charge >= 0.3 is 23.9 Å². The Morgan fingerprint density at radius 1 is 1.05 bits per heavy atom. The molecule has 2 heterocycles. The fourth-order valence-electron chi connectivity index (χ4n) is 6.85. The monoisotopic (exact) mass is 542 g/mol. The summed E-state index contributed by atoms with van der Waals surface area (Å²) in [5, 5.41) is 11.4. The summed E-state index contributed by atoms with van der Waals surface area (Å²) in [6.07, 6.45) is -2.94. The Balaban J connectivity index is 2.00. The first-order valence-corrected chi connectivity index (χ1v) is 13.0. The highest BCUT2D eigenvalue weighted by molar-refractivity contribution is 6.23. The van der Waals surface area contributed by atoms with E-state index in [9.17, 15) is 24.3 Å². The lowest BCUT2D eigenvalue weighted by molar-refractivity contribution is -0.244. The Morgan fingerprint density at radius 3 is 2.11 bits per heavy atom. The van der Waals surface area contributed by atoms with Crippen LogP contribution in [0.2, 0.25) is 0 Å². The van der Waals surface area contributed by atoms with Crippen LogP contribution in [-0.4, -0.2) is 76.6 Å². The normalized spacial score (nSPS) is 45.2. The molecule has 0 aromatic carbocycles. The van der Waals surface area contributed by atoms with E-state index in [1.807, 2.05) is 0 Å². The second kappa shape index (κ2) is 9.54. The number of esters is 4. The van der Waals surface area contributed by atoms with E-state index in [0.29, 0.717) is 18.4 Å². The summed E-state index contributed by atoms with van der Waals surface area (Å²) in [5.41, 5.74) is -3.71. The molecule has 10 nitrogen and oxygen atoms in total. The van der Waals surface area contributed by atoms with Gasteiger partial charge in [0, 0.05) is 26.7 Å². The van der Waals surface area contributed by atoms with E-state index in [2.05, 4.69) is 6.58 Å². The number of ether oxygens (including phenoxy) is 5. The molecule has 11 heteroatoms. The number of aliphatic hydroxyl groups is 1. The first-order chi connectivity index (χ1) is 17.2. The van der Waals surface area contributed by atoms with Crippen LogP contribution in [0.3, 0.4) is 0 Å². The molecular formula is C26H35ClO10. The van der Waals surface area contributed by atoms with E-state index in [-0.39, 0.29) is 19.4 Å². The Kier molecular flexibility index (Phi) is 7.18. The van der Waals surface area contributed by atoms with Crippen LogP contribution in [0, 0.1) is 17.3 Å². The molecule has 0 bridgehead atoms. The number of epoxide rings is 1. The lowest BCUT2D eigenvalue weighted by atomic mass is 9.52. The van der Waals surface area contributed by atoms with E-state index < -0.39 is 82.1 Å². The van der Waals surface area contributed by atoms with E-state index in [4.69, 9.17) is 35.3 Å². The molecular weight excluding hydrogens is 508 g/mol. The summed E-state index contributed by atoms with van der Waals surface area (Å²) in [4.78, 5) is 50.0. The minimum absolute atomic E-state index is 0.254. The van der Waals surface area contributed by atoms with Gasteiger partial charge in [-0.3, -0.25) is 19.2 Å². The summed E-state index contributed by atoms with van der Waals surface area (Å²) < 4.78 is 29.2. The molecule has 10 atom stereocenters. The van der Waals surface area contributed by atoms with Crippen LogP contribution in [-0.2, 0) is 42.9 Å². The number of fused-ring (bicyclic) bond motifs is 3. The quantitative estimate of drug-likeness (QED) is 0.186. The molecule has 2 saturated carbocycles. The molecule has 0 aromatic heterocycles. The Hall–Kier alpha value is -2.17. The third kappa shape index (κ3) is 4.44. The summed E-state index contributed by atoms with van der Waals surface area (Å²) in [5.74, 6) is -4.47. The number of halogens is 1. The van der Waals surface area contributed by atoms with Gasteiger partial charge in [-0.15, -0.1) is 11.6 Å². The Bertz CT molecular complexity index is 1010. The zero-order chi connectivity index (χ0) is 27.5. The van der Waals surface area contributed by atoms with Crippen molar-refractivity contribution in [3.63, 3.8) is 0 Å². The number of hydrogen-bond acceptors (Lipinski definition) is 10. The fourth-order valence-corrected chi connectivity index (χ4v) is 7.22. The zero-order valence-corrected chi connectivity index (χ0v) is 22.5. The molecule has 37 heavy (non-hydrogen) atoms. The predicted octanol–water partition coefficient (Wildman–Crippen LogP) is 2.22. The number of carbonyl (C=O) groups excluding carboxylic acids is 4. The third-order valence-corrected chi connectivity index (χ3v) is 9.30. The molecule has 0 aromatic rings. The molecule has 206 valence electrons. The van der Waals surface area contributed by atoms with Gasteiger partial charge in [0.05, 0.1) is 28.9 Å². The zero-order valence-electron chi connectivity index (χ0n) is 21.8. The number of carbonyl (C=O) groups is 4. The topological polar surface area (TPSA) is 138 Å². The van der Waals surface area contributed by atoms with Gasteiger partial charge in [0.2, 0.25) is 0 Å². The second-order valence-corrected chi connectivity index (χ2v) is 11.5. The maximum Gasteiger partial charge on any atom is 0.312 e. The fraction of sp³-hybridized carbons (Fsp3) is 0.769. The van der Waals surface area contributed by atoms with E-state index in [1.54, 1.807) is 6.92 Å². The average molecular weight is 543 g/mol. The Labute approximate surface area is 220 Å². The van der Waals surface area contributed by atoms with Gasteiger partial charge in [-0.1, -0.05) is 19.1 Å². The number of rotatable bonds is 3. The van der Waals surface area contributed by atoms with Crippen LogP contribution < -0.4 is 0 Å². The van der Waals surface area contributed by atoms with Crippen molar-refractivity contribution < 1.29 is 48.0 Å². The van der Waals surface area contributed by atoms with Crippen molar-refractivity contribution in [1.29, 1.82) is 0 Å². The van der Waals surface area contributed by atoms with Crippen LogP contribution in [0.1, 0.15) is 60.3 Å². The lowest BCUT2D eigenvalue weighted by Crippen LogP contribution is -2.70. The molecule has 4 fully saturated rings. The van der Waals surface area contributed by atoms with E-state index in [1.165, 1.54) is 27.7 Å². The Morgan fingerprint density at radius 2 is 1.59 bits per heavy atom. The molecule has 0 amide bonds. The van der Waals surface area contributed by atoms with Crippen LogP contribution in [0.5, 0.6) is 0 Å². The molecule has 0 radical (unpaired) electrons. The lowest BCUT2D eigenvalue weighted by Gasteiger charge is -2.57. The van der Waals surface area contributed by atoms with Crippen molar-refractivity contribution in [1.82, 2.24) is 0 Å². The maximum atomic E-state index is 12.9. The largest absolute Gasteiger partial charge is 0.462 e. The molecule has 1 spiro atoms. The number of hydrogen-bond donors (Lipinski definition) is 1. The van der Waals surface area contributed by atoms with Crippen LogP contribution in [0.15, 0.2) is 12.2 Å². The maximum absolute atomic E-state index is 12.9.